The van der Waals surface area contributed by atoms with E-state index in [0.717, 1.165) is 25.9 Å². The van der Waals surface area contributed by atoms with E-state index < -0.39 is 0 Å². The first-order valence-electron chi connectivity index (χ1n) is 5.35. The lowest BCUT2D eigenvalue weighted by atomic mass is 9.77. The fourth-order valence-electron chi connectivity index (χ4n) is 2.14. The summed E-state index contributed by atoms with van der Waals surface area (Å²) < 4.78 is 0. The zero-order valence-corrected chi connectivity index (χ0v) is 10.1. The van der Waals surface area contributed by atoms with E-state index >= 15 is 0 Å². The van der Waals surface area contributed by atoms with Gasteiger partial charge in [0.2, 0.25) is 0 Å². The second-order valence-corrected chi connectivity index (χ2v) is 5.56. The molecule has 0 aromatic rings. The first-order valence-corrected chi connectivity index (χ1v) is 5.73. The largest absolute Gasteiger partial charge is 0.329 e. The predicted octanol–water partition coefficient (Wildman–Crippen LogP) is 3.49. The highest BCUT2D eigenvalue weighted by Crippen LogP contribution is 2.34. The van der Waals surface area contributed by atoms with Crippen molar-refractivity contribution in [2.45, 2.75) is 40.0 Å². The number of hydrogen-bond donors (Lipinski definition) is 0. The summed E-state index contributed by atoms with van der Waals surface area (Å²) in [5.41, 5.74) is 0.353. The third kappa shape index (κ3) is 3.16. The van der Waals surface area contributed by atoms with E-state index in [2.05, 4.69) is 20.8 Å². The monoisotopic (exact) mass is 217 g/mol. The molecule has 0 aromatic carbocycles. The topological polar surface area (TPSA) is 20.3 Å². The summed E-state index contributed by atoms with van der Waals surface area (Å²) in [6, 6.07) is 0. The Morgan fingerprint density at radius 2 is 1.93 bits per heavy atom. The Labute approximate surface area is 91.6 Å². The second kappa shape index (κ2) is 4.52. The predicted molar refractivity (Wildman–Crippen MR) is 59.6 cm³/mol. The maximum Gasteiger partial charge on any atom is 0.316 e. The molecular weight excluding hydrogens is 198 g/mol. The van der Waals surface area contributed by atoms with Crippen LogP contribution in [-0.2, 0) is 0 Å². The molecule has 0 aromatic heterocycles. The van der Waals surface area contributed by atoms with Gasteiger partial charge in [0, 0.05) is 13.1 Å². The number of rotatable bonds is 0. The smallest absolute Gasteiger partial charge is 0.316 e. The van der Waals surface area contributed by atoms with Gasteiger partial charge < -0.3 is 4.90 Å². The van der Waals surface area contributed by atoms with Crippen molar-refractivity contribution in [2.24, 2.45) is 11.3 Å². The van der Waals surface area contributed by atoms with Crippen LogP contribution in [-0.4, -0.2) is 23.4 Å². The molecule has 1 rings (SSSR count). The van der Waals surface area contributed by atoms with Crippen LogP contribution >= 0.6 is 11.6 Å². The van der Waals surface area contributed by atoms with E-state index in [9.17, 15) is 4.79 Å². The maximum atomic E-state index is 11.0. The van der Waals surface area contributed by atoms with Gasteiger partial charge in [0.05, 0.1) is 0 Å². The molecule has 2 nitrogen and oxygen atoms in total. The van der Waals surface area contributed by atoms with Crippen molar-refractivity contribution in [2.75, 3.05) is 13.1 Å². The van der Waals surface area contributed by atoms with E-state index in [1.54, 1.807) is 4.90 Å². The van der Waals surface area contributed by atoms with Crippen LogP contribution in [0.15, 0.2) is 0 Å². The summed E-state index contributed by atoms with van der Waals surface area (Å²) in [7, 11) is 0. The first kappa shape index (κ1) is 11.8. The minimum Gasteiger partial charge on any atom is -0.329 e. The zero-order chi connectivity index (χ0) is 10.8. The molecule has 1 saturated heterocycles. The summed E-state index contributed by atoms with van der Waals surface area (Å²) in [5.74, 6) is 0.712. The third-order valence-electron chi connectivity index (χ3n) is 3.20. The number of amides is 1. The van der Waals surface area contributed by atoms with Crippen LogP contribution in [0.5, 0.6) is 0 Å². The van der Waals surface area contributed by atoms with E-state index in [4.69, 9.17) is 11.6 Å². The van der Waals surface area contributed by atoms with Gasteiger partial charge in [-0.2, -0.15) is 0 Å². The highest BCUT2D eigenvalue weighted by molar-refractivity contribution is 6.62. The molecule has 1 aliphatic rings. The summed E-state index contributed by atoms with van der Waals surface area (Å²) >= 11 is 5.48. The highest BCUT2D eigenvalue weighted by atomic mass is 35.5. The van der Waals surface area contributed by atoms with Crippen LogP contribution in [0, 0.1) is 11.3 Å². The van der Waals surface area contributed by atoms with Gasteiger partial charge in [-0.3, -0.25) is 4.79 Å². The Morgan fingerprint density at radius 3 is 2.43 bits per heavy atom. The average molecular weight is 218 g/mol. The number of likely N-dealkylation sites (tertiary alicyclic amines) is 1. The first-order chi connectivity index (χ1) is 6.41. The zero-order valence-electron chi connectivity index (χ0n) is 9.35. The van der Waals surface area contributed by atoms with Gasteiger partial charge in [0.1, 0.15) is 0 Å². The molecule has 1 fully saturated rings. The molecule has 1 amide bonds. The Morgan fingerprint density at radius 1 is 1.29 bits per heavy atom. The Hall–Kier alpha value is -0.240. The summed E-state index contributed by atoms with van der Waals surface area (Å²) in [6.45, 7) is 8.47. The summed E-state index contributed by atoms with van der Waals surface area (Å²) in [4.78, 5) is 12.8. The lowest BCUT2D eigenvalue weighted by molar-refractivity contribution is 0.205. The van der Waals surface area contributed by atoms with Crippen LogP contribution in [0.2, 0.25) is 0 Å². The van der Waals surface area contributed by atoms with Gasteiger partial charge in [-0.25, -0.2) is 0 Å². The average Bonchev–Trinajstić information content (AvgIpc) is 2.26. The van der Waals surface area contributed by atoms with Crippen molar-refractivity contribution in [3.8, 4) is 0 Å². The maximum absolute atomic E-state index is 11.0. The van der Waals surface area contributed by atoms with Gasteiger partial charge in [-0.05, 0) is 42.2 Å². The van der Waals surface area contributed by atoms with Crippen LogP contribution in [0.4, 0.5) is 4.79 Å². The molecule has 1 aliphatic heterocycles. The molecule has 0 bridgehead atoms. The van der Waals surface area contributed by atoms with E-state index in [1.165, 1.54) is 6.42 Å². The molecule has 0 N–H and O–H groups in total. The fourth-order valence-corrected chi connectivity index (χ4v) is 2.31. The van der Waals surface area contributed by atoms with Gasteiger partial charge in [-0.1, -0.05) is 20.8 Å². The number of nitrogens with zero attached hydrogens (tertiary/aromatic N) is 1. The quantitative estimate of drug-likeness (QED) is 0.449. The van der Waals surface area contributed by atoms with Crippen molar-refractivity contribution < 1.29 is 4.79 Å². The van der Waals surface area contributed by atoms with Crippen LogP contribution in [0.25, 0.3) is 0 Å². The van der Waals surface area contributed by atoms with E-state index in [0.29, 0.717) is 11.3 Å². The number of carbonyl (C=O) groups is 1. The molecular formula is C11H20ClNO. The Bertz CT molecular complexity index is 210. The van der Waals surface area contributed by atoms with Crippen molar-refractivity contribution in [1.82, 2.24) is 4.90 Å². The molecule has 14 heavy (non-hydrogen) atoms. The van der Waals surface area contributed by atoms with Crippen molar-refractivity contribution in [3.63, 3.8) is 0 Å². The van der Waals surface area contributed by atoms with Crippen molar-refractivity contribution in [3.05, 3.63) is 0 Å². The number of halogens is 1. The van der Waals surface area contributed by atoms with Gasteiger partial charge in [0.15, 0.2) is 0 Å². The standard InChI is InChI=1S/C11H20ClNO/c1-11(2,3)9-5-4-7-13(8-6-9)10(12)14/h9H,4-8H2,1-3H3. The van der Waals surface area contributed by atoms with Crippen LogP contribution < -0.4 is 0 Å². The third-order valence-corrected chi connectivity index (χ3v) is 3.44. The highest BCUT2D eigenvalue weighted by Gasteiger charge is 2.27. The molecule has 1 atom stereocenters. The van der Waals surface area contributed by atoms with Crippen LogP contribution in [0.1, 0.15) is 40.0 Å². The van der Waals surface area contributed by atoms with E-state index in [-0.39, 0.29) is 5.37 Å². The summed E-state index contributed by atoms with van der Waals surface area (Å²) in [6.07, 6.45) is 3.38. The second-order valence-electron chi connectivity index (χ2n) is 5.23. The Kier molecular flexibility index (Phi) is 3.82. The normalized spacial score (nSPS) is 24.6. The molecule has 1 heterocycles. The molecule has 1 unspecified atom stereocenters. The molecule has 0 spiro atoms. The number of hydrogen-bond acceptors (Lipinski definition) is 1. The van der Waals surface area contributed by atoms with Crippen LogP contribution in [0.3, 0.4) is 0 Å². The fraction of sp³-hybridized carbons (Fsp3) is 0.909. The Balaban J connectivity index is 2.53. The summed E-state index contributed by atoms with van der Waals surface area (Å²) in [5, 5.41) is -0.292. The minimum absolute atomic E-state index is 0.292. The minimum atomic E-state index is -0.292. The van der Waals surface area contributed by atoms with Crippen molar-refractivity contribution in [1.29, 1.82) is 0 Å². The number of carbonyl (C=O) groups excluding carboxylic acids is 1. The molecule has 0 aliphatic carbocycles. The van der Waals surface area contributed by atoms with Crippen molar-refractivity contribution >= 4 is 17.0 Å². The lowest BCUT2D eigenvalue weighted by Crippen LogP contribution is -2.28. The lowest BCUT2D eigenvalue weighted by Gasteiger charge is -2.29. The molecule has 82 valence electrons. The SMILES string of the molecule is CC(C)(C)C1CCCN(C(=O)Cl)CC1. The van der Waals surface area contributed by atoms with Gasteiger partial charge >= 0.3 is 5.37 Å². The van der Waals surface area contributed by atoms with Gasteiger partial charge in [-0.15, -0.1) is 0 Å². The molecule has 0 saturated carbocycles. The molecule has 3 heteroatoms. The molecule has 0 radical (unpaired) electrons. The van der Waals surface area contributed by atoms with Gasteiger partial charge in [0.25, 0.3) is 0 Å². The van der Waals surface area contributed by atoms with E-state index in [1.807, 2.05) is 0 Å².